The summed E-state index contributed by atoms with van der Waals surface area (Å²) in [6, 6.07) is 8.60. The van der Waals surface area contributed by atoms with E-state index in [0.717, 1.165) is 4.88 Å². The lowest BCUT2D eigenvalue weighted by Gasteiger charge is -2.10. The van der Waals surface area contributed by atoms with Gasteiger partial charge in [0.15, 0.2) is 6.61 Å². The van der Waals surface area contributed by atoms with E-state index in [9.17, 15) is 9.59 Å². The Morgan fingerprint density at radius 1 is 1.17 bits per heavy atom. The molecule has 0 unspecified atom stereocenters. The van der Waals surface area contributed by atoms with E-state index in [0.29, 0.717) is 18.0 Å². The minimum atomic E-state index is -0.646. The number of hydrogen-bond donors (Lipinski definition) is 1. The first-order valence-electron chi connectivity index (χ1n) is 6.82. The van der Waals surface area contributed by atoms with Crippen LogP contribution in [-0.2, 0) is 16.1 Å². The maximum atomic E-state index is 12.1. The summed E-state index contributed by atoms with van der Waals surface area (Å²) in [4.78, 5) is 24.8. The number of methoxy groups -OCH3 is 2. The summed E-state index contributed by atoms with van der Waals surface area (Å²) >= 11 is 1.54. The number of rotatable bonds is 7. The summed E-state index contributed by atoms with van der Waals surface area (Å²) in [5, 5.41) is 4.61. The molecule has 1 aromatic carbocycles. The Hall–Kier alpha value is -2.54. The normalized spacial score (nSPS) is 10.0. The summed E-state index contributed by atoms with van der Waals surface area (Å²) in [7, 11) is 2.95. The smallest absolute Gasteiger partial charge is 0.342 e. The van der Waals surface area contributed by atoms with E-state index in [2.05, 4.69) is 5.32 Å². The van der Waals surface area contributed by atoms with Crippen LogP contribution in [0.5, 0.6) is 11.5 Å². The number of ether oxygens (including phenoxy) is 3. The standard InChI is InChI=1S/C16H17NO5S/c1-20-11-5-6-14(21-2)13(8-11)16(19)22-10-15(18)17-9-12-4-3-7-23-12/h3-8H,9-10H2,1-2H3,(H,17,18). The first kappa shape index (κ1) is 16.8. The summed E-state index contributed by atoms with van der Waals surface area (Å²) < 4.78 is 15.2. The van der Waals surface area contributed by atoms with Gasteiger partial charge in [0.25, 0.3) is 5.91 Å². The summed E-state index contributed by atoms with van der Waals surface area (Å²) in [6.07, 6.45) is 0. The van der Waals surface area contributed by atoms with Crippen LogP contribution in [0.2, 0.25) is 0 Å². The van der Waals surface area contributed by atoms with Gasteiger partial charge in [-0.25, -0.2) is 4.79 Å². The summed E-state index contributed by atoms with van der Waals surface area (Å²) in [5.41, 5.74) is 0.206. The molecule has 7 heteroatoms. The van der Waals surface area contributed by atoms with Gasteiger partial charge >= 0.3 is 5.97 Å². The van der Waals surface area contributed by atoms with Crippen LogP contribution in [0, 0.1) is 0 Å². The zero-order valence-corrected chi connectivity index (χ0v) is 13.6. The SMILES string of the molecule is COc1ccc(OC)c(C(=O)OCC(=O)NCc2cccs2)c1. The fraction of sp³-hybridized carbons (Fsp3) is 0.250. The summed E-state index contributed by atoms with van der Waals surface area (Å²) in [5.74, 6) is -0.157. The molecule has 0 aliphatic heterocycles. The molecule has 0 fully saturated rings. The second-order valence-corrected chi connectivity index (χ2v) is 5.53. The van der Waals surface area contributed by atoms with E-state index in [-0.39, 0.29) is 18.1 Å². The van der Waals surface area contributed by atoms with Gasteiger partial charge in [0.2, 0.25) is 0 Å². The van der Waals surface area contributed by atoms with Gasteiger partial charge in [0, 0.05) is 4.88 Å². The van der Waals surface area contributed by atoms with Crippen molar-refractivity contribution < 1.29 is 23.8 Å². The maximum Gasteiger partial charge on any atom is 0.342 e. The van der Waals surface area contributed by atoms with E-state index in [4.69, 9.17) is 14.2 Å². The molecule has 1 N–H and O–H groups in total. The van der Waals surface area contributed by atoms with E-state index in [1.165, 1.54) is 20.3 Å². The van der Waals surface area contributed by atoms with E-state index in [1.54, 1.807) is 23.5 Å². The molecule has 23 heavy (non-hydrogen) atoms. The van der Waals surface area contributed by atoms with Crippen LogP contribution in [0.3, 0.4) is 0 Å². The topological polar surface area (TPSA) is 73.9 Å². The molecule has 6 nitrogen and oxygen atoms in total. The molecule has 2 rings (SSSR count). The lowest BCUT2D eigenvalue weighted by molar-refractivity contribution is -0.124. The highest BCUT2D eigenvalue weighted by atomic mass is 32.1. The van der Waals surface area contributed by atoms with Gasteiger partial charge in [-0.15, -0.1) is 11.3 Å². The van der Waals surface area contributed by atoms with Crippen LogP contribution in [0.25, 0.3) is 0 Å². The van der Waals surface area contributed by atoms with E-state index >= 15 is 0 Å². The molecule has 2 aromatic rings. The fourth-order valence-electron chi connectivity index (χ4n) is 1.83. The molecular weight excluding hydrogens is 318 g/mol. The van der Waals surface area contributed by atoms with Crippen molar-refractivity contribution in [3.05, 3.63) is 46.2 Å². The quantitative estimate of drug-likeness (QED) is 0.786. The largest absolute Gasteiger partial charge is 0.497 e. The predicted octanol–water partition coefficient (Wildman–Crippen LogP) is 2.24. The Balaban J connectivity index is 1.90. The van der Waals surface area contributed by atoms with Crippen molar-refractivity contribution in [3.63, 3.8) is 0 Å². The minimum absolute atomic E-state index is 0.206. The van der Waals surface area contributed by atoms with Crippen LogP contribution in [0.1, 0.15) is 15.2 Å². The van der Waals surface area contributed by atoms with Gasteiger partial charge in [-0.3, -0.25) is 4.79 Å². The molecule has 1 aromatic heterocycles. The Bertz CT molecular complexity index is 669. The van der Waals surface area contributed by atoms with Crippen molar-refractivity contribution in [1.82, 2.24) is 5.32 Å². The van der Waals surface area contributed by atoms with Crippen molar-refractivity contribution >= 4 is 23.2 Å². The Morgan fingerprint density at radius 3 is 2.65 bits per heavy atom. The highest BCUT2D eigenvalue weighted by Crippen LogP contribution is 2.24. The number of carbonyl (C=O) groups is 2. The molecule has 122 valence electrons. The predicted molar refractivity (Wildman–Crippen MR) is 86.0 cm³/mol. The van der Waals surface area contributed by atoms with Gasteiger partial charge in [-0.2, -0.15) is 0 Å². The molecule has 0 radical (unpaired) electrons. The van der Waals surface area contributed by atoms with Crippen LogP contribution in [0.15, 0.2) is 35.7 Å². The third-order valence-corrected chi connectivity index (χ3v) is 3.88. The van der Waals surface area contributed by atoms with Crippen molar-refractivity contribution in [3.8, 4) is 11.5 Å². The highest BCUT2D eigenvalue weighted by Gasteiger charge is 2.16. The van der Waals surface area contributed by atoms with E-state index < -0.39 is 5.97 Å². The first-order chi connectivity index (χ1) is 11.1. The second-order valence-electron chi connectivity index (χ2n) is 4.50. The number of nitrogens with one attached hydrogen (secondary N) is 1. The molecule has 1 heterocycles. The van der Waals surface area contributed by atoms with Crippen LogP contribution in [0.4, 0.5) is 0 Å². The minimum Gasteiger partial charge on any atom is -0.497 e. The Labute approximate surface area is 138 Å². The van der Waals surface area contributed by atoms with Crippen LogP contribution in [-0.4, -0.2) is 32.7 Å². The number of amides is 1. The van der Waals surface area contributed by atoms with Gasteiger partial charge in [0.1, 0.15) is 17.1 Å². The van der Waals surface area contributed by atoms with E-state index in [1.807, 2.05) is 17.5 Å². The number of esters is 1. The lowest BCUT2D eigenvalue weighted by Crippen LogP contribution is -2.28. The molecule has 0 atom stereocenters. The Kier molecular flexibility index (Phi) is 5.99. The molecule has 0 aliphatic carbocycles. The lowest BCUT2D eigenvalue weighted by atomic mass is 10.2. The molecule has 0 bridgehead atoms. The number of benzene rings is 1. The number of carbonyl (C=O) groups excluding carboxylic acids is 2. The van der Waals surface area contributed by atoms with Gasteiger partial charge in [0.05, 0.1) is 20.8 Å². The van der Waals surface area contributed by atoms with Crippen molar-refractivity contribution in [2.75, 3.05) is 20.8 Å². The third-order valence-electron chi connectivity index (χ3n) is 3.00. The second kappa shape index (κ2) is 8.19. The first-order valence-corrected chi connectivity index (χ1v) is 7.70. The average molecular weight is 335 g/mol. The van der Waals surface area contributed by atoms with Crippen molar-refractivity contribution in [2.45, 2.75) is 6.54 Å². The average Bonchev–Trinajstić information content (AvgIpc) is 3.10. The Morgan fingerprint density at radius 2 is 2.00 bits per heavy atom. The van der Waals surface area contributed by atoms with Crippen LogP contribution < -0.4 is 14.8 Å². The summed E-state index contributed by atoms with van der Waals surface area (Å²) in [6.45, 7) is 0.0567. The molecule has 0 saturated heterocycles. The number of thiophene rings is 1. The zero-order valence-electron chi connectivity index (χ0n) is 12.8. The molecule has 0 saturated carbocycles. The van der Waals surface area contributed by atoms with Crippen molar-refractivity contribution in [2.24, 2.45) is 0 Å². The highest BCUT2D eigenvalue weighted by molar-refractivity contribution is 7.09. The molecule has 1 amide bonds. The number of hydrogen-bond acceptors (Lipinski definition) is 6. The fourth-order valence-corrected chi connectivity index (χ4v) is 2.48. The third kappa shape index (κ3) is 4.72. The zero-order chi connectivity index (χ0) is 16.7. The van der Waals surface area contributed by atoms with Crippen molar-refractivity contribution in [1.29, 1.82) is 0 Å². The molecule has 0 aliphatic rings. The maximum absolute atomic E-state index is 12.1. The molecule has 0 spiro atoms. The van der Waals surface area contributed by atoms with Gasteiger partial charge < -0.3 is 19.5 Å². The monoisotopic (exact) mass is 335 g/mol. The van der Waals surface area contributed by atoms with Gasteiger partial charge in [-0.1, -0.05) is 6.07 Å². The van der Waals surface area contributed by atoms with Crippen LogP contribution >= 0.6 is 11.3 Å². The molecular formula is C16H17NO5S. The van der Waals surface area contributed by atoms with Gasteiger partial charge in [-0.05, 0) is 29.6 Å².